The van der Waals surface area contributed by atoms with Gasteiger partial charge in [-0.25, -0.2) is 8.42 Å². The van der Waals surface area contributed by atoms with Crippen LogP contribution in [-0.4, -0.2) is 51.4 Å². The average molecular weight is 418 g/mol. The monoisotopic (exact) mass is 417 g/mol. The smallest absolute Gasteiger partial charge is 0.251 e. The summed E-state index contributed by atoms with van der Waals surface area (Å²) >= 11 is 0. The van der Waals surface area contributed by atoms with Crippen LogP contribution in [0.4, 0.5) is 0 Å². The largest absolute Gasteiger partial charge is 0.350 e. The van der Waals surface area contributed by atoms with E-state index in [0.717, 1.165) is 18.4 Å². The zero-order valence-corrected chi connectivity index (χ0v) is 18.5. The Hall–Kier alpha value is -1.15. The van der Waals surface area contributed by atoms with E-state index in [2.05, 4.69) is 17.6 Å². The number of rotatable bonds is 6. The van der Waals surface area contributed by atoms with Crippen molar-refractivity contribution in [1.82, 2.24) is 14.9 Å². The van der Waals surface area contributed by atoms with Crippen molar-refractivity contribution in [1.29, 1.82) is 0 Å². The van der Waals surface area contributed by atoms with Crippen LogP contribution in [0.2, 0.25) is 0 Å². The lowest BCUT2D eigenvalue weighted by atomic mass is 10.0. The maximum absolute atomic E-state index is 13.1. The fourth-order valence-corrected chi connectivity index (χ4v) is 4.83. The lowest BCUT2D eigenvalue weighted by molar-refractivity contribution is 0.0950. The molecule has 1 amide bonds. The number of amides is 1. The minimum Gasteiger partial charge on any atom is -0.350 e. The number of piperidine rings is 1. The van der Waals surface area contributed by atoms with Gasteiger partial charge in [0.2, 0.25) is 10.0 Å². The molecule has 1 heterocycles. The van der Waals surface area contributed by atoms with Crippen molar-refractivity contribution >= 4 is 28.3 Å². The molecule has 2 rings (SSSR count). The van der Waals surface area contributed by atoms with Gasteiger partial charge in [0.1, 0.15) is 0 Å². The first-order chi connectivity index (χ1) is 12.2. The fourth-order valence-electron chi connectivity index (χ4n) is 3.04. The van der Waals surface area contributed by atoms with Gasteiger partial charge in [0.25, 0.3) is 5.91 Å². The molecular formula is C19H32ClN3O3S. The molecule has 1 unspecified atom stereocenters. The normalized spacial score (nSPS) is 17.2. The fraction of sp³-hybridized carbons (Fsp3) is 0.632. The number of sulfonamides is 1. The van der Waals surface area contributed by atoms with Crippen LogP contribution in [0.5, 0.6) is 0 Å². The van der Waals surface area contributed by atoms with Gasteiger partial charge in [0.15, 0.2) is 0 Å². The Labute approximate surface area is 169 Å². The van der Waals surface area contributed by atoms with Crippen LogP contribution < -0.4 is 10.6 Å². The minimum atomic E-state index is -3.59. The Bertz CT molecular complexity index is 760. The van der Waals surface area contributed by atoms with Gasteiger partial charge < -0.3 is 10.6 Å². The summed E-state index contributed by atoms with van der Waals surface area (Å²) in [6.45, 7) is 9.33. The van der Waals surface area contributed by atoms with Gasteiger partial charge in [-0.1, -0.05) is 6.92 Å². The number of carbonyl (C=O) groups excluding carboxylic acids is 1. The summed E-state index contributed by atoms with van der Waals surface area (Å²) in [6.07, 6.45) is 1.75. The van der Waals surface area contributed by atoms with Crippen LogP contribution in [-0.2, 0) is 10.0 Å². The van der Waals surface area contributed by atoms with Crippen molar-refractivity contribution in [3.8, 4) is 0 Å². The summed E-state index contributed by atoms with van der Waals surface area (Å²) in [6, 6.07) is 3.42. The molecule has 2 N–H and O–H groups in total. The predicted octanol–water partition coefficient (Wildman–Crippen LogP) is 2.48. The van der Waals surface area contributed by atoms with Crippen molar-refractivity contribution in [2.45, 2.75) is 51.5 Å². The second-order valence-corrected chi connectivity index (χ2v) is 9.31. The number of halogens is 1. The Morgan fingerprint density at radius 2 is 1.85 bits per heavy atom. The number of nitrogens with zero attached hydrogens (tertiary/aromatic N) is 1. The minimum absolute atomic E-state index is 0. The molecule has 154 valence electrons. The van der Waals surface area contributed by atoms with Crippen LogP contribution in [0.25, 0.3) is 0 Å². The number of hydrogen-bond acceptors (Lipinski definition) is 4. The summed E-state index contributed by atoms with van der Waals surface area (Å²) in [5, 5.41) is 5.91. The molecule has 1 fully saturated rings. The summed E-state index contributed by atoms with van der Waals surface area (Å²) in [7, 11) is -1.76. The van der Waals surface area contributed by atoms with Crippen LogP contribution in [0.3, 0.4) is 0 Å². The van der Waals surface area contributed by atoms with E-state index < -0.39 is 10.0 Å². The van der Waals surface area contributed by atoms with E-state index >= 15 is 0 Å². The zero-order chi connectivity index (χ0) is 19.5. The third kappa shape index (κ3) is 5.67. The van der Waals surface area contributed by atoms with E-state index in [9.17, 15) is 13.2 Å². The first-order valence-corrected chi connectivity index (χ1v) is 10.7. The number of likely N-dealkylation sites (N-methyl/N-ethyl adjacent to an activating group) is 1. The maximum atomic E-state index is 13.1. The summed E-state index contributed by atoms with van der Waals surface area (Å²) < 4.78 is 27.8. The topological polar surface area (TPSA) is 78.5 Å². The van der Waals surface area contributed by atoms with Gasteiger partial charge >= 0.3 is 0 Å². The third-order valence-electron chi connectivity index (χ3n) is 5.30. The van der Waals surface area contributed by atoms with Gasteiger partial charge in [0, 0.05) is 31.2 Å². The van der Waals surface area contributed by atoms with Crippen LogP contribution >= 0.6 is 12.4 Å². The average Bonchev–Trinajstić information content (AvgIpc) is 2.61. The molecule has 6 nitrogen and oxygen atoms in total. The van der Waals surface area contributed by atoms with Gasteiger partial charge in [-0.2, -0.15) is 4.31 Å². The van der Waals surface area contributed by atoms with Crippen LogP contribution in [0.1, 0.15) is 48.2 Å². The van der Waals surface area contributed by atoms with E-state index in [-0.39, 0.29) is 29.3 Å². The van der Waals surface area contributed by atoms with Crippen molar-refractivity contribution in [3.05, 3.63) is 28.8 Å². The highest BCUT2D eigenvalue weighted by Gasteiger charge is 2.30. The van der Waals surface area contributed by atoms with Crippen molar-refractivity contribution in [2.75, 3.05) is 26.7 Å². The summed E-state index contributed by atoms with van der Waals surface area (Å²) in [5.74, 6) is 0.300. The number of nitrogens with one attached hydrogen (secondary N) is 2. The molecule has 1 aliphatic heterocycles. The Balaban J connectivity index is 0.00000364. The lowest BCUT2D eigenvalue weighted by Gasteiger charge is -2.30. The molecule has 0 aliphatic carbocycles. The van der Waals surface area contributed by atoms with E-state index in [1.165, 1.54) is 6.07 Å². The Morgan fingerprint density at radius 1 is 1.26 bits per heavy atom. The third-order valence-corrected chi connectivity index (χ3v) is 7.33. The molecule has 1 atom stereocenters. The van der Waals surface area contributed by atoms with Gasteiger partial charge in [-0.05, 0) is 69.8 Å². The second kappa shape index (κ2) is 9.87. The Morgan fingerprint density at radius 3 is 2.41 bits per heavy atom. The molecule has 0 aromatic heterocycles. The molecule has 1 aliphatic rings. The molecular weight excluding hydrogens is 386 g/mol. The van der Waals surface area contributed by atoms with Gasteiger partial charge in [0.05, 0.1) is 4.90 Å². The molecule has 1 aromatic rings. The Kier molecular flexibility index (Phi) is 8.73. The zero-order valence-electron chi connectivity index (χ0n) is 16.8. The van der Waals surface area contributed by atoms with Gasteiger partial charge in [-0.3, -0.25) is 4.79 Å². The predicted molar refractivity (Wildman–Crippen MR) is 111 cm³/mol. The van der Waals surface area contributed by atoms with Crippen LogP contribution in [0, 0.1) is 19.8 Å². The molecule has 27 heavy (non-hydrogen) atoms. The second-order valence-electron chi connectivity index (χ2n) is 7.40. The van der Waals surface area contributed by atoms with E-state index in [1.54, 1.807) is 17.3 Å². The number of aryl methyl sites for hydroxylation is 1. The SMILES string of the molecule is CNC(C)CNC(=O)c1cc(C)c(C)c(S(=O)(=O)N2CCC(C)CC2)c1.Cl. The van der Waals surface area contributed by atoms with E-state index in [4.69, 9.17) is 0 Å². The highest BCUT2D eigenvalue weighted by molar-refractivity contribution is 7.89. The van der Waals surface area contributed by atoms with Crippen molar-refractivity contribution in [2.24, 2.45) is 5.92 Å². The number of hydrogen-bond donors (Lipinski definition) is 2. The molecule has 0 spiro atoms. The number of carbonyl (C=O) groups is 1. The van der Waals surface area contributed by atoms with E-state index in [1.807, 2.05) is 20.9 Å². The standard InChI is InChI=1S/C19H31N3O3S.ClH/c1-13-6-8-22(9-7-13)26(24,25)18-11-17(10-14(2)16(18)4)19(23)21-12-15(3)20-5;/h10-11,13,15,20H,6-9,12H2,1-5H3,(H,21,23);1H. The van der Waals surface area contributed by atoms with Crippen LogP contribution in [0.15, 0.2) is 17.0 Å². The molecule has 0 radical (unpaired) electrons. The van der Waals surface area contributed by atoms with Crippen molar-refractivity contribution < 1.29 is 13.2 Å². The number of benzene rings is 1. The maximum Gasteiger partial charge on any atom is 0.251 e. The molecule has 8 heteroatoms. The van der Waals surface area contributed by atoms with E-state index in [0.29, 0.717) is 36.7 Å². The summed E-state index contributed by atoms with van der Waals surface area (Å²) in [5.41, 5.74) is 1.91. The van der Waals surface area contributed by atoms with Gasteiger partial charge in [-0.15, -0.1) is 12.4 Å². The van der Waals surface area contributed by atoms with Crippen molar-refractivity contribution in [3.63, 3.8) is 0 Å². The highest BCUT2D eigenvalue weighted by atomic mass is 35.5. The molecule has 1 aromatic carbocycles. The first kappa shape index (κ1) is 23.9. The quantitative estimate of drug-likeness (QED) is 0.745. The lowest BCUT2D eigenvalue weighted by Crippen LogP contribution is -2.39. The first-order valence-electron chi connectivity index (χ1n) is 9.23. The summed E-state index contributed by atoms with van der Waals surface area (Å²) in [4.78, 5) is 12.7. The molecule has 1 saturated heterocycles. The molecule has 0 saturated carbocycles. The molecule has 0 bridgehead atoms. The highest BCUT2D eigenvalue weighted by Crippen LogP contribution is 2.28.